The molecule has 2 fully saturated rings. The second kappa shape index (κ2) is 4.84. The van der Waals surface area contributed by atoms with Crippen LogP contribution in [0.4, 0.5) is 0 Å². The van der Waals surface area contributed by atoms with Crippen molar-refractivity contribution in [2.45, 2.75) is 53.0 Å². The molecule has 18 heavy (non-hydrogen) atoms. The number of amides is 1. The average Bonchev–Trinajstić information content (AvgIpc) is 2.28. The Balaban J connectivity index is 2.12. The number of hydrogen-bond acceptors (Lipinski definition) is 2. The minimum atomic E-state index is -0.232. The monoisotopic (exact) mass is 252 g/mol. The molecule has 0 bridgehead atoms. The maximum absolute atomic E-state index is 12.8. The van der Waals surface area contributed by atoms with Crippen molar-refractivity contribution < 1.29 is 4.79 Å². The Morgan fingerprint density at radius 2 is 1.83 bits per heavy atom. The Hall–Kier alpha value is -0.570. The Labute approximate surface area is 111 Å². The maximum Gasteiger partial charge on any atom is 0.230 e. The molecule has 104 valence electrons. The molecule has 1 saturated carbocycles. The lowest BCUT2D eigenvalue weighted by molar-refractivity contribution is -0.155. The van der Waals surface area contributed by atoms with Gasteiger partial charge in [0.25, 0.3) is 0 Å². The van der Waals surface area contributed by atoms with Crippen LogP contribution in [0.3, 0.4) is 0 Å². The predicted molar refractivity (Wildman–Crippen MR) is 74.0 cm³/mol. The molecule has 0 aromatic heterocycles. The van der Waals surface area contributed by atoms with Crippen molar-refractivity contribution in [1.29, 1.82) is 0 Å². The lowest BCUT2D eigenvalue weighted by Crippen LogP contribution is -2.59. The van der Waals surface area contributed by atoms with E-state index in [0.717, 1.165) is 19.4 Å². The van der Waals surface area contributed by atoms with Gasteiger partial charge in [0.15, 0.2) is 0 Å². The van der Waals surface area contributed by atoms with Crippen molar-refractivity contribution >= 4 is 5.91 Å². The first kappa shape index (κ1) is 13.9. The van der Waals surface area contributed by atoms with E-state index in [1.165, 1.54) is 6.42 Å². The predicted octanol–water partition coefficient (Wildman–Crippen LogP) is 2.25. The van der Waals surface area contributed by atoms with E-state index in [9.17, 15) is 4.79 Å². The molecule has 1 amide bonds. The van der Waals surface area contributed by atoms with Crippen LogP contribution in [0.25, 0.3) is 0 Å². The van der Waals surface area contributed by atoms with Crippen molar-refractivity contribution in [1.82, 2.24) is 4.90 Å². The summed E-state index contributed by atoms with van der Waals surface area (Å²) in [6.45, 7) is 10.4. The fourth-order valence-corrected chi connectivity index (χ4v) is 3.99. The fourth-order valence-electron chi connectivity index (χ4n) is 3.99. The van der Waals surface area contributed by atoms with Gasteiger partial charge in [0.05, 0.1) is 5.41 Å². The van der Waals surface area contributed by atoms with Crippen LogP contribution in [-0.4, -0.2) is 29.9 Å². The maximum atomic E-state index is 12.8. The normalized spacial score (nSPS) is 44.6. The summed E-state index contributed by atoms with van der Waals surface area (Å²) < 4.78 is 0. The molecule has 2 rings (SSSR count). The average molecular weight is 252 g/mol. The van der Waals surface area contributed by atoms with Crippen LogP contribution >= 0.6 is 0 Å². The number of hydrogen-bond donors (Lipinski definition) is 1. The second-order valence-electron chi connectivity index (χ2n) is 7.01. The number of carbonyl (C=O) groups excluding carboxylic acids is 1. The molecule has 3 heteroatoms. The number of rotatable bonds is 2. The van der Waals surface area contributed by atoms with Gasteiger partial charge in [0.1, 0.15) is 0 Å². The van der Waals surface area contributed by atoms with E-state index in [1.807, 2.05) is 0 Å². The second-order valence-corrected chi connectivity index (χ2v) is 7.01. The van der Waals surface area contributed by atoms with Gasteiger partial charge in [0, 0.05) is 19.1 Å². The first-order chi connectivity index (χ1) is 8.39. The summed E-state index contributed by atoms with van der Waals surface area (Å²) in [5.74, 6) is 2.21. The van der Waals surface area contributed by atoms with Crippen LogP contribution in [0, 0.1) is 23.2 Å². The van der Waals surface area contributed by atoms with Crippen molar-refractivity contribution in [3.05, 3.63) is 0 Å². The first-order valence-corrected chi connectivity index (χ1v) is 7.41. The summed E-state index contributed by atoms with van der Waals surface area (Å²) >= 11 is 0. The van der Waals surface area contributed by atoms with Gasteiger partial charge in [-0.3, -0.25) is 4.79 Å². The molecule has 1 aliphatic heterocycles. The summed E-state index contributed by atoms with van der Waals surface area (Å²) in [6, 6.07) is 0.369. The number of nitrogens with zero attached hydrogens (tertiary/aromatic N) is 1. The highest BCUT2D eigenvalue weighted by Crippen LogP contribution is 2.47. The molecule has 2 N–H and O–H groups in total. The molecule has 0 aromatic rings. The van der Waals surface area contributed by atoms with Gasteiger partial charge in [-0.15, -0.1) is 0 Å². The number of likely N-dealkylation sites (tertiary alicyclic amines) is 1. The lowest BCUT2D eigenvalue weighted by atomic mass is 9.61. The molecule has 0 aromatic carbocycles. The van der Waals surface area contributed by atoms with Crippen LogP contribution < -0.4 is 5.73 Å². The highest BCUT2D eigenvalue weighted by Gasteiger charge is 2.50. The molecule has 3 unspecified atom stereocenters. The van der Waals surface area contributed by atoms with Crippen molar-refractivity contribution in [2.24, 2.45) is 28.9 Å². The van der Waals surface area contributed by atoms with E-state index in [0.29, 0.717) is 36.2 Å². The summed E-state index contributed by atoms with van der Waals surface area (Å²) in [6.07, 6.45) is 3.19. The van der Waals surface area contributed by atoms with Crippen LogP contribution in [0.1, 0.15) is 47.0 Å². The third-order valence-corrected chi connectivity index (χ3v) is 5.18. The van der Waals surface area contributed by atoms with Crippen LogP contribution in [0.5, 0.6) is 0 Å². The van der Waals surface area contributed by atoms with Gasteiger partial charge in [-0.25, -0.2) is 0 Å². The van der Waals surface area contributed by atoms with E-state index in [4.69, 9.17) is 5.73 Å². The number of nitrogens with two attached hydrogens (primary N) is 1. The van der Waals surface area contributed by atoms with Crippen LogP contribution in [-0.2, 0) is 4.79 Å². The highest BCUT2D eigenvalue weighted by atomic mass is 16.2. The minimum Gasteiger partial charge on any atom is -0.339 e. The van der Waals surface area contributed by atoms with E-state index in [2.05, 4.69) is 32.6 Å². The Bertz CT molecular complexity index is 322. The Morgan fingerprint density at radius 1 is 1.22 bits per heavy atom. The Morgan fingerprint density at radius 3 is 2.33 bits per heavy atom. The molecular formula is C15H28N2O. The van der Waals surface area contributed by atoms with Crippen LogP contribution in [0.2, 0.25) is 0 Å². The Kier molecular flexibility index (Phi) is 3.72. The summed E-state index contributed by atoms with van der Waals surface area (Å²) in [5, 5.41) is 0. The van der Waals surface area contributed by atoms with Crippen molar-refractivity contribution in [2.75, 3.05) is 13.1 Å². The molecule has 2 aliphatic rings. The van der Waals surface area contributed by atoms with E-state index < -0.39 is 0 Å². The zero-order chi connectivity index (χ0) is 13.5. The van der Waals surface area contributed by atoms with Crippen molar-refractivity contribution in [3.63, 3.8) is 0 Å². The molecule has 1 aliphatic carbocycles. The molecular weight excluding hydrogens is 224 g/mol. The van der Waals surface area contributed by atoms with Gasteiger partial charge in [-0.2, -0.15) is 0 Å². The van der Waals surface area contributed by atoms with E-state index in [1.54, 1.807) is 0 Å². The quantitative estimate of drug-likeness (QED) is 0.819. The zero-order valence-corrected chi connectivity index (χ0v) is 12.3. The molecule has 0 spiro atoms. The van der Waals surface area contributed by atoms with Gasteiger partial charge >= 0.3 is 0 Å². The molecule has 1 heterocycles. The number of carbonyl (C=O) groups is 1. The number of piperidine rings is 1. The third kappa shape index (κ3) is 2.18. The van der Waals surface area contributed by atoms with E-state index in [-0.39, 0.29) is 5.41 Å². The SMILES string of the molecule is CC1CC(C)C(C)N(C(=O)C2(CN)CC(C)C2)C1. The summed E-state index contributed by atoms with van der Waals surface area (Å²) in [7, 11) is 0. The topological polar surface area (TPSA) is 46.3 Å². The summed E-state index contributed by atoms with van der Waals surface area (Å²) in [4.78, 5) is 14.9. The minimum absolute atomic E-state index is 0.232. The van der Waals surface area contributed by atoms with Gasteiger partial charge in [-0.05, 0) is 43.9 Å². The fraction of sp³-hybridized carbons (Fsp3) is 0.933. The molecule has 0 radical (unpaired) electrons. The van der Waals surface area contributed by atoms with Crippen molar-refractivity contribution in [3.8, 4) is 0 Å². The first-order valence-electron chi connectivity index (χ1n) is 7.41. The smallest absolute Gasteiger partial charge is 0.230 e. The molecule has 1 saturated heterocycles. The molecule has 3 nitrogen and oxygen atoms in total. The standard InChI is InChI=1S/C15H28N2O/c1-10-5-12(3)13(4)17(8-10)14(18)15(9-16)6-11(2)7-15/h10-13H,5-9,16H2,1-4H3. The van der Waals surface area contributed by atoms with Gasteiger partial charge < -0.3 is 10.6 Å². The largest absolute Gasteiger partial charge is 0.339 e. The highest BCUT2D eigenvalue weighted by molar-refractivity contribution is 5.84. The van der Waals surface area contributed by atoms with Crippen LogP contribution in [0.15, 0.2) is 0 Å². The zero-order valence-electron chi connectivity index (χ0n) is 12.3. The summed E-state index contributed by atoms with van der Waals surface area (Å²) in [5.41, 5.74) is 5.67. The van der Waals surface area contributed by atoms with E-state index >= 15 is 0 Å². The van der Waals surface area contributed by atoms with Gasteiger partial charge in [0.2, 0.25) is 5.91 Å². The lowest BCUT2D eigenvalue weighted by Gasteiger charge is -2.51. The molecule has 3 atom stereocenters. The third-order valence-electron chi connectivity index (χ3n) is 5.18. The van der Waals surface area contributed by atoms with Gasteiger partial charge in [-0.1, -0.05) is 20.8 Å².